The highest BCUT2D eigenvalue weighted by Crippen LogP contribution is 2.32. The molecule has 3 nitrogen and oxygen atoms in total. The van der Waals surface area contributed by atoms with Crippen LogP contribution in [0.2, 0.25) is 10.0 Å². The highest BCUT2D eigenvalue weighted by Gasteiger charge is 2.07. The average Bonchev–Trinajstić information content (AvgIpc) is 2.33. The fourth-order valence-electron chi connectivity index (χ4n) is 1.26. The number of aromatic nitrogens is 2. The molecule has 2 aromatic rings. The smallest absolute Gasteiger partial charge is 0.192 e. The molecule has 1 aromatic carbocycles. The Bertz CT molecular complexity index is 526. The zero-order valence-corrected chi connectivity index (χ0v) is 9.53. The molecule has 0 saturated heterocycles. The van der Waals surface area contributed by atoms with Crippen molar-refractivity contribution in [2.45, 2.75) is 0 Å². The Hall–Kier alpha value is -1.45. The minimum atomic E-state index is 0.141. The lowest BCUT2D eigenvalue weighted by Gasteiger charge is -2.04. The number of halogens is 2. The summed E-state index contributed by atoms with van der Waals surface area (Å²) < 4.78 is 0. The summed E-state index contributed by atoms with van der Waals surface area (Å²) in [7, 11) is 0. The van der Waals surface area contributed by atoms with E-state index in [0.717, 1.165) is 11.1 Å². The van der Waals surface area contributed by atoms with E-state index in [1.54, 1.807) is 12.1 Å². The third-order valence-corrected chi connectivity index (χ3v) is 2.86. The number of hydrogen-bond donors (Lipinski definition) is 0. The molecule has 1 heterocycles. The molecule has 0 radical (unpaired) electrons. The fraction of sp³-hybridized carbons (Fsp3) is 0. The van der Waals surface area contributed by atoms with Gasteiger partial charge in [0.2, 0.25) is 0 Å². The SMILES string of the molecule is O=Cc1ncc(-c2cccc(Cl)c2Cl)cn1. The van der Waals surface area contributed by atoms with Crippen molar-refractivity contribution < 1.29 is 4.79 Å². The van der Waals surface area contributed by atoms with Gasteiger partial charge < -0.3 is 0 Å². The first-order valence-corrected chi connectivity index (χ1v) is 5.19. The second kappa shape index (κ2) is 4.60. The van der Waals surface area contributed by atoms with E-state index < -0.39 is 0 Å². The topological polar surface area (TPSA) is 42.9 Å². The van der Waals surface area contributed by atoms with Crippen LogP contribution >= 0.6 is 23.2 Å². The summed E-state index contributed by atoms with van der Waals surface area (Å²) in [6, 6.07) is 5.30. The number of benzene rings is 1. The van der Waals surface area contributed by atoms with Gasteiger partial charge in [0.1, 0.15) is 0 Å². The quantitative estimate of drug-likeness (QED) is 0.771. The highest BCUT2D eigenvalue weighted by molar-refractivity contribution is 6.43. The van der Waals surface area contributed by atoms with Gasteiger partial charge in [-0.05, 0) is 6.07 Å². The molecular formula is C11H6Cl2N2O. The molecule has 2 rings (SSSR count). The normalized spacial score (nSPS) is 10.1. The molecule has 0 aliphatic rings. The van der Waals surface area contributed by atoms with Gasteiger partial charge in [0, 0.05) is 23.5 Å². The monoisotopic (exact) mass is 252 g/mol. The maximum absolute atomic E-state index is 10.4. The lowest BCUT2D eigenvalue weighted by molar-refractivity contribution is 0.111. The van der Waals surface area contributed by atoms with Crippen LogP contribution in [-0.2, 0) is 0 Å². The molecular weight excluding hydrogens is 247 g/mol. The van der Waals surface area contributed by atoms with Crippen molar-refractivity contribution in [3.8, 4) is 11.1 Å². The first kappa shape index (κ1) is 11.0. The van der Waals surface area contributed by atoms with E-state index in [9.17, 15) is 4.79 Å². The van der Waals surface area contributed by atoms with Crippen molar-refractivity contribution in [1.82, 2.24) is 9.97 Å². The second-order valence-corrected chi connectivity index (χ2v) is 3.83. The van der Waals surface area contributed by atoms with Crippen molar-refractivity contribution in [2.24, 2.45) is 0 Å². The van der Waals surface area contributed by atoms with Crippen molar-refractivity contribution >= 4 is 29.5 Å². The second-order valence-electron chi connectivity index (χ2n) is 3.05. The first-order chi connectivity index (χ1) is 7.72. The van der Waals surface area contributed by atoms with Crippen molar-refractivity contribution in [2.75, 3.05) is 0 Å². The zero-order chi connectivity index (χ0) is 11.5. The number of carbonyl (C=O) groups excluding carboxylic acids is 1. The molecule has 0 saturated carbocycles. The third-order valence-electron chi connectivity index (χ3n) is 2.04. The maximum atomic E-state index is 10.4. The molecule has 16 heavy (non-hydrogen) atoms. The van der Waals surface area contributed by atoms with Crippen molar-refractivity contribution in [3.63, 3.8) is 0 Å². The summed E-state index contributed by atoms with van der Waals surface area (Å²) in [5.74, 6) is 0.141. The van der Waals surface area contributed by atoms with Crippen molar-refractivity contribution in [3.05, 3.63) is 46.5 Å². The van der Waals surface area contributed by atoms with Crippen molar-refractivity contribution in [1.29, 1.82) is 0 Å². The summed E-state index contributed by atoms with van der Waals surface area (Å²) >= 11 is 11.9. The van der Waals surface area contributed by atoms with E-state index in [1.165, 1.54) is 12.4 Å². The van der Waals surface area contributed by atoms with Gasteiger partial charge in [-0.2, -0.15) is 0 Å². The van der Waals surface area contributed by atoms with Crippen LogP contribution in [-0.4, -0.2) is 16.3 Å². The Morgan fingerprint density at radius 3 is 2.44 bits per heavy atom. The lowest BCUT2D eigenvalue weighted by Crippen LogP contribution is -1.92. The first-order valence-electron chi connectivity index (χ1n) is 4.44. The van der Waals surface area contributed by atoms with Gasteiger partial charge in [0.25, 0.3) is 0 Å². The number of aldehydes is 1. The summed E-state index contributed by atoms with van der Waals surface area (Å²) in [5, 5.41) is 0.922. The minimum Gasteiger partial charge on any atom is -0.294 e. The zero-order valence-electron chi connectivity index (χ0n) is 8.02. The highest BCUT2D eigenvalue weighted by atomic mass is 35.5. The molecule has 80 valence electrons. The standard InChI is InChI=1S/C11H6Cl2N2O/c12-9-3-1-2-8(11(9)13)7-4-14-10(6-16)15-5-7/h1-6H. The molecule has 0 bridgehead atoms. The average molecular weight is 253 g/mol. The predicted octanol–water partition coefficient (Wildman–Crippen LogP) is 3.26. The van der Waals surface area contributed by atoms with Crippen LogP contribution in [0.3, 0.4) is 0 Å². The van der Waals surface area contributed by atoms with E-state index in [1.807, 2.05) is 6.07 Å². The van der Waals surface area contributed by atoms with Crippen LogP contribution < -0.4 is 0 Å². The minimum absolute atomic E-state index is 0.141. The van der Waals surface area contributed by atoms with Gasteiger partial charge in [-0.1, -0.05) is 35.3 Å². The number of rotatable bonds is 2. The van der Waals surface area contributed by atoms with Gasteiger partial charge in [-0.15, -0.1) is 0 Å². The number of hydrogen-bond acceptors (Lipinski definition) is 3. The van der Waals surface area contributed by atoms with Crippen LogP contribution in [0.25, 0.3) is 11.1 Å². The van der Waals surface area contributed by atoms with E-state index in [0.29, 0.717) is 16.3 Å². The largest absolute Gasteiger partial charge is 0.294 e. The molecule has 0 fully saturated rings. The number of nitrogens with zero attached hydrogens (tertiary/aromatic N) is 2. The number of carbonyl (C=O) groups is 1. The van der Waals surface area contributed by atoms with Gasteiger partial charge in [0.15, 0.2) is 12.1 Å². The van der Waals surface area contributed by atoms with Gasteiger partial charge in [0.05, 0.1) is 10.0 Å². The summed E-state index contributed by atoms with van der Waals surface area (Å²) in [6.07, 6.45) is 3.66. The molecule has 0 unspecified atom stereocenters. The molecule has 1 aromatic heterocycles. The van der Waals surface area contributed by atoms with Crippen LogP contribution in [0.5, 0.6) is 0 Å². The summed E-state index contributed by atoms with van der Waals surface area (Å²) in [6.45, 7) is 0. The lowest BCUT2D eigenvalue weighted by atomic mass is 10.1. The molecule has 0 aliphatic carbocycles. The molecule has 5 heteroatoms. The maximum Gasteiger partial charge on any atom is 0.192 e. The predicted molar refractivity (Wildman–Crippen MR) is 62.9 cm³/mol. The fourth-order valence-corrected chi connectivity index (χ4v) is 1.67. The molecule has 0 N–H and O–H groups in total. The van der Waals surface area contributed by atoms with Gasteiger partial charge in [-0.25, -0.2) is 9.97 Å². The van der Waals surface area contributed by atoms with E-state index in [2.05, 4.69) is 9.97 Å². The van der Waals surface area contributed by atoms with Crippen LogP contribution in [0, 0.1) is 0 Å². The third kappa shape index (κ3) is 2.05. The van der Waals surface area contributed by atoms with Crippen LogP contribution in [0.15, 0.2) is 30.6 Å². The van der Waals surface area contributed by atoms with Gasteiger partial charge in [-0.3, -0.25) is 4.79 Å². The van der Waals surface area contributed by atoms with Crippen LogP contribution in [0.1, 0.15) is 10.6 Å². The Kier molecular flexibility index (Phi) is 3.17. The Morgan fingerprint density at radius 2 is 1.81 bits per heavy atom. The van der Waals surface area contributed by atoms with Crippen LogP contribution in [0.4, 0.5) is 0 Å². The Morgan fingerprint density at radius 1 is 1.12 bits per heavy atom. The summed E-state index contributed by atoms with van der Waals surface area (Å²) in [5.41, 5.74) is 1.46. The molecule has 0 aliphatic heterocycles. The van der Waals surface area contributed by atoms with Gasteiger partial charge >= 0.3 is 0 Å². The molecule has 0 amide bonds. The summed E-state index contributed by atoms with van der Waals surface area (Å²) in [4.78, 5) is 18.1. The van der Waals surface area contributed by atoms with E-state index in [4.69, 9.17) is 23.2 Å². The van der Waals surface area contributed by atoms with E-state index >= 15 is 0 Å². The van der Waals surface area contributed by atoms with E-state index in [-0.39, 0.29) is 5.82 Å². The Balaban J connectivity index is 2.50. The molecule has 0 atom stereocenters. The Labute approximate surface area is 102 Å². The molecule has 0 spiro atoms.